The lowest BCUT2D eigenvalue weighted by Crippen LogP contribution is -2.52. The summed E-state index contributed by atoms with van der Waals surface area (Å²) < 4.78 is 21.4. The molecule has 10 N–H and O–H groups in total. The fraction of sp³-hybridized carbons (Fsp3) is 0.516. The van der Waals surface area contributed by atoms with Gasteiger partial charge in [-0.15, -0.1) is 0 Å². The highest BCUT2D eigenvalue weighted by Gasteiger charge is 2.33. The minimum Gasteiger partial charge on any atom is -0.446 e. The van der Waals surface area contributed by atoms with Gasteiger partial charge in [0.25, 0.3) is 0 Å². The number of carbonyl (C=O) groups excluding carboxylic acids is 6. The average molecular weight is 1150 g/mol. The second-order valence-electron chi connectivity index (χ2n) is 22.3. The molecule has 450 valence electrons. The molecule has 0 spiro atoms. The second kappa shape index (κ2) is 37.4. The van der Waals surface area contributed by atoms with E-state index in [9.17, 15) is 39.0 Å². The first-order valence-electron chi connectivity index (χ1n) is 27.3. The Bertz CT molecular complexity index is 2450. The number of ether oxygens (including phenoxy) is 4. The van der Waals surface area contributed by atoms with Gasteiger partial charge < -0.3 is 61.9 Å². The summed E-state index contributed by atoms with van der Waals surface area (Å²) in [7, 11) is 0. The van der Waals surface area contributed by atoms with Crippen LogP contribution in [0.3, 0.4) is 0 Å². The van der Waals surface area contributed by atoms with Crippen molar-refractivity contribution in [3.63, 3.8) is 0 Å². The lowest BCUT2D eigenvalue weighted by Gasteiger charge is -2.29. The number of allylic oxidation sites excluding steroid dienone is 10. The van der Waals surface area contributed by atoms with E-state index >= 15 is 0 Å². The van der Waals surface area contributed by atoms with Crippen LogP contribution in [0.4, 0.5) is 9.59 Å². The number of aliphatic hydroxyl groups is 2. The van der Waals surface area contributed by atoms with Crippen LogP contribution < -0.4 is 32.7 Å². The number of halogens is 1. The fourth-order valence-electron chi connectivity index (χ4n) is 7.91. The summed E-state index contributed by atoms with van der Waals surface area (Å²) in [5.74, 6) is -1.36. The molecular formula is C62H93ClN6O12. The Labute approximate surface area is 486 Å². The summed E-state index contributed by atoms with van der Waals surface area (Å²) in [5.41, 5.74) is 12.8. The van der Waals surface area contributed by atoms with Gasteiger partial charge in [0, 0.05) is 54.7 Å². The van der Waals surface area contributed by atoms with Crippen molar-refractivity contribution in [2.45, 2.75) is 185 Å². The Hall–Kier alpha value is -6.57. The van der Waals surface area contributed by atoms with Gasteiger partial charge in [-0.2, -0.15) is 0 Å². The maximum absolute atomic E-state index is 12.9. The largest absolute Gasteiger partial charge is 0.446 e. The molecule has 0 saturated carbocycles. The molecule has 0 unspecified atom stereocenters. The lowest BCUT2D eigenvalue weighted by molar-refractivity contribution is -0.129. The van der Waals surface area contributed by atoms with Crippen molar-refractivity contribution in [1.29, 1.82) is 0 Å². The van der Waals surface area contributed by atoms with Crippen LogP contribution in [-0.4, -0.2) is 95.1 Å². The first kappa shape index (κ1) is 72.4. The number of hydrogen-bond donors (Lipinski definition) is 8. The minimum atomic E-state index is -0.894. The number of nitrogens with two attached hydrogens (primary N) is 2. The van der Waals surface area contributed by atoms with Crippen molar-refractivity contribution >= 4 is 47.4 Å². The van der Waals surface area contributed by atoms with Crippen LogP contribution in [-0.2, 0) is 38.1 Å². The quantitative estimate of drug-likeness (QED) is 0.0228. The van der Waals surface area contributed by atoms with E-state index in [0.29, 0.717) is 30.7 Å². The van der Waals surface area contributed by atoms with Crippen LogP contribution in [0, 0.1) is 22.7 Å². The Morgan fingerprint density at radius 3 is 1.33 bits per heavy atom. The second-order valence-corrected chi connectivity index (χ2v) is 22.9. The molecule has 0 saturated heterocycles. The monoisotopic (exact) mass is 1150 g/mol. The van der Waals surface area contributed by atoms with E-state index in [-0.39, 0.29) is 35.9 Å². The third kappa shape index (κ3) is 31.9. The SMILES string of the molecule is C/C=C\C[C@@H](C/C=C\NC(=O)[C@@H](NC(=O)\C=C/C=C\C(C)=C\[C@H](C)[C@@H]1CC=C(C)[C@H](O)O1)C(C)(C)C)OC(N)=O.CC1=CC[C@@H]([C@@H](C)/C=C(C)/C=C\C=C/C(=O)N[C@H](C(=O)N/C=C\C[C@H](C/C=C(\C)Cl)OC(N)=O)C(C)(C)C)O[C@H]1O. The molecule has 0 bridgehead atoms. The fourth-order valence-corrected chi connectivity index (χ4v) is 8.00. The van der Waals surface area contributed by atoms with Gasteiger partial charge in [-0.1, -0.05) is 169 Å². The van der Waals surface area contributed by atoms with Crippen molar-refractivity contribution in [1.82, 2.24) is 21.3 Å². The van der Waals surface area contributed by atoms with Crippen molar-refractivity contribution in [2.24, 2.45) is 34.1 Å². The van der Waals surface area contributed by atoms with Gasteiger partial charge in [0.15, 0.2) is 12.6 Å². The summed E-state index contributed by atoms with van der Waals surface area (Å²) >= 11 is 5.84. The molecule has 18 nitrogen and oxygen atoms in total. The summed E-state index contributed by atoms with van der Waals surface area (Å²) in [5, 5.41) is 31.3. The Balaban J connectivity index is 0.000000810. The van der Waals surface area contributed by atoms with E-state index in [1.807, 2.05) is 126 Å². The molecule has 0 radical (unpaired) electrons. The Morgan fingerprint density at radius 2 is 1.00 bits per heavy atom. The molecular weight excluding hydrogens is 1060 g/mol. The van der Waals surface area contributed by atoms with E-state index in [0.717, 1.165) is 35.1 Å². The van der Waals surface area contributed by atoms with Crippen molar-refractivity contribution in [3.8, 4) is 0 Å². The molecule has 81 heavy (non-hydrogen) atoms. The maximum atomic E-state index is 12.9. The van der Waals surface area contributed by atoms with Gasteiger partial charge in [0.05, 0.1) is 12.2 Å². The zero-order chi connectivity index (χ0) is 61.5. The van der Waals surface area contributed by atoms with Gasteiger partial charge in [0.1, 0.15) is 24.3 Å². The maximum Gasteiger partial charge on any atom is 0.404 e. The van der Waals surface area contributed by atoms with Crippen molar-refractivity contribution in [3.05, 3.63) is 143 Å². The number of hydrogen-bond acceptors (Lipinski definition) is 12. The normalized spacial score (nSPS) is 21.0. The molecule has 6 amide bonds. The molecule has 0 aliphatic carbocycles. The van der Waals surface area contributed by atoms with Gasteiger partial charge >= 0.3 is 12.2 Å². The molecule has 19 heteroatoms. The minimum absolute atomic E-state index is 0.0955. The predicted molar refractivity (Wildman–Crippen MR) is 320 cm³/mol. The molecule has 2 aliphatic rings. The number of nitrogens with one attached hydrogen (secondary N) is 4. The summed E-state index contributed by atoms with van der Waals surface area (Å²) in [6, 6.07) is -1.59. The molecule has 2 rings (SSSR count). The Morgan fingerprint density at radius 1 is 0.642 bits per heavy atom. The van der Waals surface area contributed by atoms with E-state index in [2.05, 4.69) is 33.4 Å². The van der Waals surface area contributed by atoms with E-state index in [1.54, 1.807) is 49.5 Å². The number of rotatable bonds is 26. The molecule has 10 atom stereocenters. The zero-order valence-corrected chi connectivity index (χ0v) is 50.8. The van der Waals surface area contributed by atoms with Crippen molar-refractivity contribution in [2.75, 3.05) is 0 Å². The first-order valence-corrected chi connectivity index (χ1v) is 27.7. The predicted octanol–water partition coefficient (Wildman–Crippen LogP) is 10.00. The van der Waals surface area contributed by atoms with Crippen LogP contribution >= 0.6 is 11.6 Å². The first-order chi connectivity index (χ1) is 37.8. The molecule has 0 aromatic carbocycles. The topological polar surface area (TPSA) is 280 Å². The van der Waals surface area contributed by atoms with Gasteiger partial charge in [-0.3, -0.25) is 19.2 Å². The molecule has 2 aliphatic heterocycles. The standard InChI is InChI=1S/C31H46ClN3O6.C31H47N3O6/c1-20(19-22(3)25-17-14-21(2)29(38)41-25)11-8-9-13-26(36)35-27(31(5,6)7)28(37)34-18-10-12-24(40-30(33)39)16-15-23(4)32;1-8-9-14-24(39-30(32)38)15-12-19-33-28(36)27(31(5,6)7)34-26(35)16-11-10-13-21(2)20-23(4)25-18-17-22(3)29(37)40-25/h8-11,13-15,18-19,22,24-25,27,29,38H,12,16-17H2,1-7H3,(H2,33,39)(H,34,37)(H,35,36);8-13,16-17,19-20,23-25,27,29,37H,14-15,18H2,1-7H3,(H2,32,38)(H,33,36)(H,34,35)/b11-8-,13-9-,18-10-,20-19+,23-15+;9-8-,13-10-,16-11-,19-12-,21-20+/t22-,24+,25-,27+,29+;23-,24-,25-,27+,29+/m00/s1. The highest BCUT2D eigenvalue weighted by Crippen LogP contribution is 2.26. The van der Waals surface area contributed by atoms with Gasteiger partial charge in [0.2, 0.25) is 23.6 Å². The van der Waals surface area contributed by atoms with Crippen LogP contribution in [0.15, 0.2) is 143 Å². The number of amides is 6. The number of aliphatic hydroxyl groups excluding tert-OH is 2. The van der Waals surface area contributed by atoms with E-state index in [4.69, 9.17) is 42.0 Å². The van der Waals surface area contributed by atoms with E-state index in [1.165, 1.54) is 24.6 Å². The third-order valence-electron chi connectivity index (χ3n) is 12.6. The van der Waals surface area contributed by atoms with Crippen LogP contribution in [0.2, 0.25) is 0 Å². The molecule has 0 aromatic heterocycles. The number of carbonyl (C=O) groups is 6. The van der Waals surface area contributed by atoms with Crippen LogP contribution in [0.5, 0.6) is 0 Å². The summed E-state index contributed by atoms with van der Waals surface area (Å²) in [6.07, 6.45) is 31.4. The smallest absolute Gasteiger partial charge is 0.404 e. The summed E-state index contributed by atoms with van der Waals surface area (Å²) in [6.45, 7) is 26.4. The highest BCUT2D eigenvalue weighted by molar-refractivity contribution is 6.29. The molecule has 0 fully saturated rings. The van der Waals surface area contributed by atoms with E-state index < -0.39 is 71.7 Å². The lowest BCUT2D eigenvalue weighted by atomic mass is 9.86. The molecule has 0 aromatic rings. The summed E-state index contributed by atoms with van der Waals surface area (Å²) in [4.78, 5) is 73.1. The Kier molecular flexibility index (Phi) is 33.5. The molecule has 2 heterocycles. The number of primary amides is 2. The van der Waals surface area contributed by atoms with Gasteiger partial charge in [-0.25, -0.2) is 9.59 Å². The highest BCUT2D eigenvalue weighted by atomic mass is 35.5. The average Bonchev–Trinajstić information content (AvgIpc) is 3.39. The van der Waals surface area contributed by atoms with Crippen LogP contribution in [0.1, 0.15) is 135 Å². The van der Waals surface area contributed by atoms with Gasteiger partial charge in [-0.05, 0) is 88.8 Å². The van der Waals surface area contributed by atoms with Crippen LogP contribution in [0.25, 0.3) is 0 Å². The zero-order valence-electron chi connectivity index (χ0n) is 50.0. The van der Waals surface area contributed by atoms with Crippen molar-refractivity contribution < 1.29 is 57.9 Å². The third-order valence-corrected chi connectivity index (χ3v) is 12.7.